The molecule has 0 radical (unpaired) electrons. The van der Waals surface area contributed by atoms with Gasteiger partial charge in [0.05, 0.1) is 25.5 Å². The molecule has 212 valence electrons. The molecule has 0 aliphatic rings. The van der Waals surface area contributed by atoms with Crippen LogP contribution in [0.25, 0.3) is 0 Å². The van der Waals surface area contributed by atoms with Crippen LogP contribution in [0, 0.1) is 0 Å². The summed E-state index contributed by atoms with van der Waals surface area (Å²) in [6.45, 7) is 0.343. The molecule has 4 aromatic carbocycles. The van der Waals surface area contributed by atoms with Crippen molar-refractivity contribution in [1.82, 2.24) is 5.43 Å². The molecule has 0 saturated heterocycles. The smallest absolute Gasteiger partial charge is 0.339 e. The maximum Gasteiger partial charge on any atom is 0.339 e. The zero-order valence-electron chi connectivity index (χ0n) is 21.8. The molecule has 0 saturated carbocycles. The van der Waals surface area contributed by atoms with Crippen LogP contribution >= 0.6 is 23.2 Å². The molecule has 0 spiro atoms. The van der Waals surface area contributed by atoms with Gasteiger partial charge in [-0.3, -0.25) is 4.79 Å². The van der Waals surface area contributed by atoms with E-state index in [-0.39, 0.29) is 27.0 Å². The lowest BCUT2D eigenvalue weighted by atomic mass is 10.2. The Kier molecular flexibility index (Phi) is 9.72. The van der Waals surface area contributed by atoms with E-state index in [0.717, 1.165) is 5.56 Å². The minimum atomic E-state index is -4.22. The van der Waals surface area contributed by atoms with Crippen molar-refractivity contribution >= 4 is 45.4 Å². The van der Waals surface area contributed by atoms with Crippen LogP contribution in [0.1, 0.15) is 21.5 Å². The van der Waals surface area contributed by atoms with Crippen LogP contribution in [-0.4, -0.2) is 34.8 Å². The van der Waals surface area contributed by atoms with Gasteiger partial charge in [-0.05, 0) is 65.7 Å². The number of carbonyl (C=O) groups excluding carboxylic acids is 1. The third kappa shape index (κ3) is 7.69. The van der Waals surface area contributed by atoms with Crippen molar-refractivity contribution in [3.63, 3.8) is 0 Å². The van der Waals surface area contributed by atoms with E-state index >= 15 is 0 Å². The average molecular weight is 615 g/mol. The summed E-state index contributed by atoms with van der Waals surface area (Å²) in [4.78, 5) is 12.6. The SMILES string of the molecule is COc1cc(C(=O)N/N=C/c2cc(Cl)c(OS(=O)(=O)c3ccc(Cl)cc3)c(OC)c2)ccc1OCc1ccccc1. The Morgan fingerprint density at radius 3 is 2.27 bits per heavy atom. The van der Waals surface area contributed by atoms with Crippen LogP contribution in [0.3, 0.4) is 0 Å². The Morgan fingerprint density at radius 1 is 0.878 bits per heavy atom. The number of hydrogen-bond acceptors (Lipinski definition) is 8. The Morgan fingerprint density at radius 2 is 1.59 bits per heavy atom. The molecule has 4 aromatic rings. The van der Waals surface area contributed by atoms with Crippen molar-refractivity contribution in [3.8, 4) is 23.0 Å². The molecule has 0 aliphatic heterocycles. The Bertz CT molecular complexity index is 1660. The van der Waals surface area contributed by atoms with Crippen molar-refractivity contribution in [2.45, 2.75) is 11.5 Å². The van der Waals surface area contributed by atoms with Gasteiger partial charge in [-0.25, -0.2) is 5.43 Å². The normalized spacial score (nSPS) is 11.2. The van der Waals surface area contributed by atoms with Gasteiger partial charge < -0.3 is 18.4 Å². The second kappa shape index (κ2) is 13.4. The fourth-order valence-electron chi connectivity index (χ4n) is 3.55. The van der Waals surface area contributed by atoms with Crippen molar-refractivity contribution in [3.05, 3.63) is 112 Å². The number of hydrazone groups is 1. The Hall–Kier alpha value is -4.25. The molecule has 1 amide bonds. The summed E-state index contributed by atoms with van der Waals surface area (Å²) in [6.07, 6.45) is 1.32. The highest BCUT2D eigenvalue weighted by atomic mass is 35.5. The van der Waals surface area contributed by atoms with Crippen molar-refractivity contribution in [2.75, 3.05) is 14.2 Å². The molecule has 0 bridgehead atoms. The van der Waals surface area contributed by atoms with E-state index < -0.39 is 16.0 Å². The molecule has 12 heteroatoms. The van der Waals surface area contributed by atoms with Gasteiger partial charge in [-0.2, -0.15) is 13.5 Å². The molecule has 0 heterocycles. The van der Waals surface area contributed by atoms with Crippen LogP contribution in [0.4, 0.5) is 0 Å². The van der Waals surface area contributed by atoms with E-state index in [2.05, 4.69) is 10.5 Å². The van der Waals surface area contributed by atoms with Crippen LogP contribution < -0.4 is 23.8 Å². The number of benzene rings is 4. The number of ether oxygens (including phenoxy) is 3. The maximum atomic E-state index is 12.7. The zero-order chi connectivity index (χ0) is 29.4. The minimum Gasteiger partial charge on any atom is -0.493 e. The van der Waals surface area contributed by atoms with Gasteiger partial charge in [0.25, 0.3) is 5.91 Å². The van der Waals surface area contributed by atoms with Gasteiger partial charge in [0.1, 0.15) is 11.5 Å². The summed E-state index contributed by atoms with van der Waals surface area (Å²) in [6, 6.07) is 22.7. The highest BCUT2D eigenvalue weighted by Crippen LogP contribution is 2.38. The van der Waals surface area contributed by atoms with E-state index in [1.54, 1.807) is 18.2 Å². The van der Waals surface area contributed by atoms with Crippen molar-refractivity contribution in [1.29, 1.82) is 0 Å². The third-order valence-electron chi connectivity index (χ3n) is 5.59. The van der Waals surface area contributed by atoms with Crippen LogP contribution in [0.5, 0.6) is 23.0 Å². The summed E-state index contributed by atoms with van der Waals surface area (Å²) < 4.78 is 47.1. The third-order valence-corrected chi connectivity index (χ3v) is 7.36. The number of amides is 1. The number of halogens is 2. The molecule has 0 aromatic heterocycles. The lowest BCUT2D eigenvalue weighted by molar-refractivity contribution is 0.0954. The number of hydrogen-bond donors (Lipinski definition) is 1. The number of carbonyl (C=O) groups is 1. The van der Waals surface area contributed by atoms with E-state index in [0.29, 0.717) is 28.7 Å². The standard InChI is InChI=1S/C29H24Cl2N2O7S/c1-37-26-16-21(8-13-25(26)39-18-19-6-4-3-5-7-19)29(34)33-32-17-20-14-24(31)28(27(15-20)38-2)40-41(35,36)23-11-9-22(30)10-12-23/h3-17H,18H2,1-2H3,(H,33,34)/b32-17+. The maximum absolute atomic E-state index is 12.7. The first-order valence-corrected chi connectivity index (χ1v) is 14.1. The van der Waals surface area contributed by atoms with Crippen molar-refractivity contribution < 1.29 is 31.6 Å². The highest BCUT2D eigenvalue weighted by molar-refractivity contribution is 7.87. The predicted molar refractivity (Wildman–Crippen MR) is 156 cm³/mol. The molecule has 1 N–H and O–H groups in total. The van der Waals surface area contributed by atoms with E-state index in [1.807, 2.05) is 30.3 Å². The lowest BCUT2D eigenvalue weighted by Crippen LogP contribution is -2.17. The monoisotopic (exact) mass is 614 g/mol. The van der Waals surface area contributed by atoms with E-state index in [1.165, 1.54) is 56.8 Å². The topological polar surface area (TPSA) is 113 Å². The van der Waals surface area contributed by atoms with Crippen LogP contribution in [0.2, 0.25) is 10.0 Å². The zero-order valence-corrected chi connectivity index (χ0v) is 24.2. The largest absolute Gasteiger partial charge is 0.493 e. The molecular formula is C29H24Cl2N2O7S. The van der Waals surface area contributed by atoms with Gasteiger partial charge >= 0.3 is 10.1 Å². The Balaban J connectivity index is 1.44. The summed E-state index contributed by atoms with van der Waals surface area (Å²) in [5.74, 6) is 0.212. The first-order valence-electron chi connectivity index (χ1n) is 12.0. The van der Waals surface area contributed by atoms with Crippen LogP contribution in [-0.2, 0) is 16.7 Å². The second-order valence-electron chi connectivity index (χ2n) is 8.36. The molecule has 0 fully saturated rings. The lowest BCUT2D eigenvalue weighted by Gasteiger charge is -2.13. The first-order chi connectivity index (χ1) is 19.7. The summed E-state index contributed by atoms with van der Waals surface area (Å²) in [5, 5.41) is 4.29. The number of rotatable bonds is 11. The minimum absolute atomic E-state index is 0.0404. The Labute approximate surface area is 247 Å². The molecule has 41 heavy (non-hydrogen) atoms. The molecule has 0 atom stereocenters. The van der Waals surface area contributed by atoms with E-state index in [4.69, 9.17) is 41.6 Å². The average Bonchev–Trinajstić information content (AvgIpc) is 2.97. The van der Waals surface area contributed by atoms with E-state index in [9.17, 15) is 13.2 Å². The van der Waals surface area contributed by atoms with Gasteiger partial charge in [0, 0.05) is 10.6 Å². The van der Waals surface area contributed by atoms with Gasteiger partial charge in [-0.1, -0.05) is 53.5 Å². The number of nitrogens with one attached hydrogen (secondary N) is 1. The molecule has 0 unspecified atom stereocenters. The molecule has 4 rings (SSSR count). The number of nitrogens with zero attached hydrogens (tertiary/aromatic N) is 1. The highest BCUT2D eigenvalue weighted by Gasteiger charge is 2.22. The number of methoxy groups -OCH3 is 2. The van der Waals surface area contributed by atoms with Crippen LogP contribution in [0.15, 0.2) is 94.9 Å². The summed E-state index contributed by atoms with van der Waals surface area (Å²) >= 11 is 12.2. The fourth-order valence-corrected chi connectivity index (χ4v) is 4.93. The summed E-state index contributed by atoms with van der Waals surface area (Å²) in [5.41, 5.74) is 4.11. The molecule has 9 nitrogen and oxygen atoms in total. The molecular weight excluding hydrogens is 591 g/mol. The van der Waals surface area contributed by atoms with Crippen molar-refractivity contribution in [2.24, 2.45) is 5.10 Å². The summed E-state index contributed by atoms with van der Waals surface area (Å²) in [7, 11) is -1.40. The molecule has 0 aliphatic carbocycles. The quantitative estimate of drug-likeness (QED) is 0.123. The fraction of sp³-hybridized carbons (Fsp3) is 0.103. The second-order valence-corrected chi connectivity index (χ2v) is 10.8. The van der Waals surface area contributed by atoms with Gasteiger partial charge in [0.2, 0.25) is 5.75 Å². The predicted octanol–water partition coefficient (Wildman–Crippen LogP) is 6.12. The van der Waals surface area contributed by atoms with Gasteiger partial charge in [-0.15, -0.1) is 0 Å². The first kappa shape index (κ1) is 29.7. The van der Waals surface area contributed by atoms with Gasteiger partial charge in [0.15, 0.2) is 17.2 Å².